The molecule has 0 radical (unpaired) electrons. The lowest BCUT2D eigenvalue weighted by Gasteiger charge is -2.16. The third-order valence-corrected chi connectivity index (χ3v) is 2.72. The number of aliphatic carboxylic acids is 1. The van der Waals surface area contributed by atoms with Crippen LogP contribution in [0.3, 0.4) is 0 Å². The van der Waals surface area contributed by atoms with Gasteiger partial charge in [-0.3, -0.25) is 4.79 Å². The van der Waals surface area contributed by atoms with Gasteiger partial charge in [-0.15, -0.1) is 0 Å². The first-order chi connectivity index (χ1) is 5.70. The number of nitrogens with one attached hydrogen (secondary N) is 1. The highest BCUT2D eigenvalue weighted by molar-refractivity contribution is 5.66. The molecule has 0 saturated carbocycles. The van der Waals surface area contributed by atoms with Crippen LogP contribution in [0.1, 0.15) is 26.2 Å². The lowest BCUT2D eigenvalue weighted by Crippen LogP contribution is -2.16. The first-order valence-corrected chi connectivity index (χ1v) is 4.62. The molecule has 12 heavy (non-hydrogen) atoms. The molecule has 2 atom stereocenters. The molecule has 1 heterocycles. The van der Waals surface area contributed by atoms with Gasteiger partial charge in [0.2, 0.25) is 0 Å². The van der Waals surface area contributed by atoms with Gasteiger partial charge in [-0.25, -0.2) is 0 Å². The van der Waals surface area contributed by atoms with Gasteiger partial charge >= 0.3 is 5.97 Å². The van der Waals surface area contributed by atoms with E-state index in [1.807, 2.05) is 0 Å². The molecule has 0 aromatic carbocycles. The fraction of sp³-hybridized carbons (Fsp3) is 0.889. The first-order valence-electron chi connectivity index (χ1n) is 4.62. The van der Waals surface area contributed by atoms with E-state index in [4.69, 9.17) is 5.11 Å². The summed E-state index contributed by atoms with van der Waals surface area (Å²) in [6.45, 7) is 4.32. The van der Waals surface area contributed by atoms with Crippen LogP contribution >= 0.6 is 0 Å². The number of carbonyl (C=O) groups is 1. The molecule has 0 bridgehead atoms. The van der Waals surface area contributed by atoms with Crippen LogP contribution in [0.25, 0.3) is 0 Å². The van der Waals surface area contributed by atoms with Crippen molar-refractivity contribution < 1.29 is 9.90 Å². The Kier molecular flexibility index (Phi) is 3.53. The molecule has 2 unspecified atom stereocenters. The van der Waals surface area contributed by atoms with Crippen molar-refractivity contribution in [3.05, 3.63) is 0 Å². The SMILES string of the molecule is CC(CCC(=O)O)C1CCNC1. The van der Waals surface area contributed by atoms with Gasteiger partial charge in [0.1, 0.15) is 0 Å². The summed E-state index contributed by atoms with van der Waals surface area (Å²) in [6.07, 6.45) is 2.35. The molecule has 0 amide bonds. The molecular formula is C9H17NO2. The zero-order valence-corrected chi connectivity index (χ0v) is 7.55. The lowest BCUT2D eigenvalue weighted by molar-refractivity contribution is -0.137. The Morgan fingerprint density at radius 3 is 3.00 bits per heavy atom. The maximum absolute atomic E-state index is 10.3. The molecule has 0 aliphatic carbocycles. The summed E-state index contributed by atoms with van der Waals surface area (Å²) in [7, 11) is 0. The third-order valence-electron chi connectivity index (χ3n) is 2.72. The predicted octanol–water partition coefficient (Wildman–Crippen LogP) is 1.10. The van der Waals surface area contributed by atoms with E-state index in [0.29, 0.717) is 18.3 Å². The fourth-order valence-electron chi connectivity index (χ4n) is 1.75. The zero-order chi connectivity index (χ0) is 8.97. The molecule has 0 aromatic rings. The van der Waals surface area contributed by atoms with Gasteiger partial charge in [0.05, 0.1) is 0 Å². The largest absolute Gasteiger partial charge is 0.481 e. The topological polar surface area (TPSA) is 49.3 Å². The molecule has 1 aliphatic heterocycles. The van der Waals surface area contributed by atoms with Gasteiger partial charge in [-0.1, -0.05) is 6.92 Å². The lowest BCUT2D eigenvalue weighted by atomic mass is 9.89. The van der Waals surface area contributed by atoms with Crippen molar-refractivity contribution in [2.45, 2.75) is 26.2 Å². The Morgan fingerprint density at radius 1 is 1.75 bits per heavy atom. The highest BCUT2D eigenvalue weighted by Gasteiger charge is 2.21. The summed E-state index contributed by atoms with van der Waals surface area (Å²) < 4.78 is 0. The zero-order valence-electron chi connectivity index (χ0n) is 7.55. The smallest absolute Gasteiger partial charge is 0.303 e. The number of carboxylic acid groups (broad SMARTS) is 1. The minimum absolute atomic E-state index is 0.317. The highest BCUT2D eigenvalue weighted by atomic mass is 16.4. The highest BCUT2D eigenvalue weighted by Crippen LogP contribution is 2.22. The van der Waals surface area contributed by atoms with E-state index in [9.17, 15) is 4.79 Å². The number of rotatable bonds is 4. The average molecular weight is 171 g/mol. The molecule has 1 rings (SSSR count). The summed E-state index contributed by atoms with van der Waals surface area (Å²) in [6, 6.07) is 0. The second kappa shape index (κ2) is 4.45. The van der Waals surface area contributed by atoms with E-state index in [1.165, 1.54) is 6.42 Å². The number of carboxylic acids is 1. The Morgan fingerprint density at radius 2 is 2.50 bits per heavy atom. The minimum atomic E-state index is -0.673. The Labute approximate surface area is 73.2 Å². The van der Waals surface area contributed by atoms with Crippen molar-refractivity contribution in [3.8, 4) is 0 Å². The molecule has 3 nitrogen and oxygen atoms in total. The Bertz CT molecular complexity index is 153. The van der Waals surface area contributed by atoms with E-state index in [2.05, 4.69) is 12.2 Å². The summed E-state index contributed by atoms with van der Waals surface area (Å²) in [4.78, 5) is 10.3. The van der Waals surface area contributed by atoms with Crippen LogP contribution in [0.2, 0.25) is 0 Å². The van der Waals surface area contributed by atoms with E-state index in [0.717, 1.165) is 19.5 Å². The van der Waals surface area contributed by atoms with Crippen molar-refractivity contribution in [3.63, 3.8) is 0 Å². The maximum atomic E-state index is 10.3. The quantitative estimate of drug-likeness (QED) is 0.666. The van der Waals surface area contributed by atoms with Crippen molar-refractivity contribution in [1.29, 1.82) is 0 Å². The standard InChI is InChI=1S/C9H17NO2/c1-7(2-3-9(11)12)8-4-5-10-6-8/h7-8,10H,2-6H2,1H3,(H,11,12). The van der Waals surface area contributed by atoms with E-state index in [-0.39, 0.29) is 0 Å². The van der Waals surface area contributed by atoms with Gasteiger partial charge in [0.25, 0.3) is 0 Å². The van der Waals surface area contributed by atoms with Gasteiger partial charge < -0.3 is 10.4 Å². The van der Waals surface area contributed by atoms with Crippen LogP contribution in [-0.2, 0) is 4.79 Å². The molecule has 70 valence electrons. The molecule has 0 spiro atoms. The van der Waals surface area contributed by atoms with Crippen LogP contribution < -0.4 is 5.32 Å². The molecule has 1 aliphatic rings. The summed E-state index contributed by atoms with van der Waals surface area (Å²) >= 11 is 0. The van der Waals surface area contributed by atoms with Gasteiger partial charge in [0, 0.05) is 6.42 Å². The van der Waals surface area contributed by atoms with Gasteiger partial charge in [-0.05, 0) is 37.8 Å². The number of hydrogen-bond acceptors (Lipinski definition) is 2. The van der Waals surface area contributed by atoms with E-state index < -0.39 is 5.97 Å². The molecule has 0 aromatic heterocycles. The van der Waals surface area contributed by atoms with Crippen molar-refractivity contribution >= 4 is 5.97 Å². The normalized spacial score (nSPS) is 25.6. The first kappa shape index (κ1) is 9.52. The van der Waals surface area contributed by atoms with Gasteiger partial charge in [-0.2, -0.15) is 0 Å². The van der Waals surface area contributed by atoms with Gasteiger partial charge in [0.15, 0.2) is 0 Å². The average Bonchev–Trinajstić information content (AvgIpc) is 2.51. The summed E-state index contributed by atoms with van der Waals surface area (Å²) in [5.41, 5.74) is 0. The fourth-order valence-corrected chi connectivity index (χ4v) is 1.75. The van der Waals surface area contributed by atoms with Crippen LogP contribution in [0.15, 0.2) is 0 Å². The second-order valence-electron chi connectivity index (χ2n) is 3.66. The number of hydrogen-bond donors (Lipinski definition) is 2. The maximum Gasteiger partial charge on any atom is 0.303 e. The Balaban J connectivity index is 2.17. The van der Waals surface area contributed by atoms with Crippen molar-refractivity contribution in [2.75, 3.05) is 13.1 Å². The van der Waals surface area contributed by atoms with E-state index in [1.54, 1.807) is 0 Å². The summed E-state index contributed by atoms with van der Waals surface area (Å²) in [5.74, 6) is 0.577. The van der Waals surface area contributed by atoms with E-state index >= 15 is 0 Å². The molecule has 3 heteroatoms. The van der Waals surface area contributed by atoms with Crippen LogP contribution in [0.4, 0.5) is 0 Å². The van der Waals surface area contributed by atoms with Crippen molar-refractivity contribution in [2.24, 2.45) is 11.8 Å². The third kappa shape index (κ3) is 2.81. The van der Waals surface area contributed by atoms with Crippen LogP contribution in [0.5, 0.6) is 0 Å². The predicted molar refractivity (Wildman–Crippen MR) is 47.0 cm³/mol. The minimum Gasteiger partial charge on any atom is -0.481 e. The second-order valence-corrected chi connectivity index (χ2v) is 3.66. The monoisotopic (exact) mass is 171 g/mol. The molecule has 2 N–H and O–H groups in total. The van der Waals surface area contributed by atoms with Crippen LogP contribution in [0, 0.1) is 11.8 Å². The Hall–Kier alpha value is -0.570. The molecule has 1 saturated heterocycles. The summed E-state index contributed by atoms with van der Waals surface area (Å²) in [5, 5.41) is 11.8. The molecular weight excluding hydrogens is 154 g/mol. The molecule has 1 fully saturated rings. The van der Waals surface area contributed by atoms with Crippen molar-refractivity contribution in [1.82, 2.24) is 5.32 Å². The van der Waals surface area contributed by atoms with Crippen LogP contribution in [-0.4, -0.2) is 24.2 Å².